The second-order valence-corrected chi connectivity index (χ2v) is 5.38. The Kier molecular flexibility index (Phi) is 4.70. The molecule has 1 aromatic heterocycles. The van der Waals surface area contributed by atoms with Crippen LogP contribution in [0.1, 0.15) is 29.0 Å². The van der Waals surface area contributed by atoms with Crippen LogP contribution in [0.15, 0.2) is 40.9 Å². The molecule has 0 aliphatic rings. The summed E-state index contributed by atoms with van der Waals surface area (Å²) in [4.78, 5) is 1.22. The van der Waals surface area contributed by atoms with Crippen LogP contribution in [-0.4, -0.2) is 11.0 Å². The first-order valence-corrected chi connectivity index (χ1v) is 7.03. The maximum absolute atomic E-state index is 13.3. The van der Waals surface area contributed by atoms with Gasteiger partial charge in [-0.3, -0.25) is 0 Å². The Labute approximate surface area is 120 Å². The van der Waals surface area contributed by atoms with E-state index < -0.39 is 5.82 Å². The zero-order valence-corrected chi connectivity index (χ0v) is 11.8. The first kappa shape index (κ1) is 14.5. The Balaban J connectivity index is 2.13. The first-order chi connectivity index (χ1) is 9.61. The van der Waals surface area contributed by atoms with Crippen molar-refractivity contribution in [2.45, 2.75) is 19.5 Å². The molecule has 1 atom stereocenters. The number of hydrogen-bond acceptors (Lipinski definition) is 4. The van der Waals surface area contributed by atoms with Crippen molar-refractivity contribution in [2.24, 2.45) is 10.9 Å². The molecule has 0 amide bonds. The third-order valence-corrected chi connectivity index (χ3v) is 4.08. The predicted molar refractivity (Wildman–Crippen MR) is 78.5 cm³/mol. The molecule has 106 valence electrons. The molecule has 20 heavy (non-hydrogen) atoms. The number of amidine groups is 1. The molecule has 1 heterocycles. The van der Waals surface area contributed by atoms with Crippen LogP contribution < -0.4 is 11.1 Å². The van der Waals surface area contributed by atoms with E-state index in [4.69, 9.17) is 10.9 Å². The Bertz CT molecular complexity index is 598. The average molecular weight is 293 g/mol. The van der Waals surface area contributed by atoms with Crippen molar-refractivity contribution < 1.29 is 9.60 Å². The highest BCUT2D eigenvalue weighted by atomic mass is 32.1. The van der Waals surface area contributed by atoms with Gasteiger partial charge in [-0.05, 0) is 36.1 Å². The molecule has 0 saturated carbocycles. The molecule has 2 rings (SSSR count). The lowest BCUT2D eigenvalue weighted by molar-refractivity contribution is 0.318. The van der Waals surface area contributed by atoms with Gasteiger partial charge in [0.1, 0.15) is 5.82 Å². The van der Waals surface area contributed by atoms with E-state index in [-0.39, 0.29) is 11.9 Å². The minimum absolute atomic E-state index is 0.0925. The van der Waals surface area contributed by atoms with Crippen LogP contribution in [0, 0.1) is 5.82 Å². The van der Waals surface area contributed by atoms with Crippen LogP contribution in [0.5, 0.6) is 0 Å². The van der Waals surface area contributed by atoms with Gasteiger partial charge in [-0.2, -0.15) is 0 Å². The summed E-state index contributed by atoms with van der Waals surface area (Å²) in [6, 6.07) is 8.50. The Morgan fingerprint density at radius 2 is 2.30 bits per heavy atom. The monoisotopic (exact) mass is 293 g/mol. The van der Waals surface area contributed by atoms with Crippen LogP contribution in [0.3, 0.4) is 0 Å². The molecular weight excluding hydrogens is 277 g/mol. The van der Waals surface area contributed by atoms with Gasteiger partial charge in [0.25, 0.3) is 0 Å². The van der Waals surface area contributed by atoms with Crippen molar-refractivity contribution in [1.29, 1.82) is 0 Å². The second-order valence-electron chi connectivity index (χ2n) is 4.40. The second kappa shape index (κ2) is 6.49. The molecule has 1 aromatic carbocycles. The van der Waals surface area contributed by atoms with Crippen molar-refractivity contribution in [3.05, 3.63) is 57.5 Å². The summed E-state index contributed by atoms with van der Waals surface area (Å²) < 4.78 is 13.3. The van der Waals surface area contributed by atoms with Gasteiger partial charge in [-0.1, -0.05) is 17.3 Å². The molecule has 0 aliphatic carbocycles. The number of benzene rings is 1. The minimum Gasteiger partial charge on any atom is -0.409 e. The van der Waals surface area contributed by atoms with Gasteiger partial charge in [-0.25, -0.2) is 4.39 Å². The largest absolute Gasteiger partial charge is 0.409 e. The number of thiophene rings is 1. The van der Waals surface area contributed by atoms with Crippen LogP contribution >= 0.6 is 11.3 Å². The SMILES string of the molecule is CC(NCc1ccc(F)cc1C(N)=NO)c1cccs1. The zero-order valence-electron chi connectivity index (χ0n) is 11.0. The number of hydrogen-bond donors (Lipinski definition) is 3. The highest BCUT2D eigenvalue weighted by Gasteiger charge is 2.11. The van der Waals surface area contributed by atoms with Crippen molar-refractivity contribution in [2.75, 3.05) is 0 Å². The normalized spacial score (nSPS) is 13.4. The Morgan fingerprint density at radius 3 is 2.95 bits per heavy atom. The Hall–Kier alpha value is -1.92. The number of nitrogens with two attached hydrogens (primary N) is 1. The average Bonchev–Trinajstić information content (AvgIpc) is 2.99. The highest BCUT2D eigenvalue weighted by Crippen LogP contribution is 2.19. The van der Waals surface area contributed by atoms with Gasteiger partial charge in [0.15, 0.2) is 5.84 Å². The quantitative estimate of drug-likeness (QED) is 0.343. The summed E-state index contributed by atoms with van der Waals surface area (Å²) in [7, 11) is 0. The molecule has 0 radical (unpaired) electrons. The van der Waals surface area contributed by atoms with E-state index in [0.717, 1.165) is 5.56 Å². The summed E-state index contributed by atoms with van der Waals surface area (Å²) in [6.07, 6.45) is 0. The molecule has 2 aromatic rings. The molecule has 0 saturated heterocycles. The third-order valence-electron chi connectivity index (χ3n) is 3.02. The number of halogens is 1. The maximum atomic E-state index is 13.3. The van der Waals surface area contributed by atoms with Crippen LogP contribution in [0.4, 0.5) is 4.39 Å². The molecule has 6 heteroatoms. The summed E-state index contributed by atoms with van der Waals surface area (Å²) in [6.45, 7) is 2.56. The summed E-state index contributed by atoms with van der Waals surface area (Å²) in [5.41, 5.74) is 6.76. The molecule has 0 fully saturated rings. The molecule has 4 nitrogen and oxygen atoms in total. The van der Waals surface area contributed by atoms with Gasteiger partial charge in [0, 0.05) is 23.0 Å². The lowest BCUT2D eigenvalue weighted by atomic mass is 10.1. The van der Waals surface area contributed by atoms with Crippen molar-refractivity contribution in [3.8, 4) is 0 Å². The van der Waals surface area contributed by atoms with E-state index in [9.17, 15) is 4.39 Å². The van der Waals surface area contributed by atoms with Crippen molar-refractivity contribution >= 4 is 17.2 Å². The van der Waals surface area contributed by atoms with E-state index in [2.05, 4.69) is 23.5 Å². The van der Waals surface area contributed by atoms with E-state index >= 15 is 0 Å². The smallest absolute Gasteiger partial charge is 0.170 e. The van der Waals surface area contributed by atoms with Crippen molar-refractivity contribution in [1.82, 2.24) is 5.32 Å². The first-order valence-electron chi connectivity index (χ1n) is 6.15. The molecule has 0 spiro atoms. The van der Waals surface area contributed by atoms with E-state index in [1.807, 2.05) is 11.4 Å². The standard InChI is InChI=1S/C14H16FN3OS/c1-9(13-3-2-6-20-13)17-8-10-4-5-11(15)7-12(10)14(16)18-19/h2-7,9,17,19H,8H2,1H3,(H2,16,18). The van der Waals surface area contributed by atoms with Gasteiger partial charge in [-0.15, -0.1) is 11.3 Å². The fourth-order valence-corrected chi connectivity index (χ4v) is 2.66. The lowest BCUT2D eigenvalue weighted by Gasteiger charge is -2.14. The highest BCUT2D eigenvalue weighted by molar-refractivity contribution is 7.10. The topological polar surface area (TPSA) is 70.6 Å². The predicted octanol–water partition coefficient (Wildman–Crippen LogP) is 2.83. The minimum atomic E-state index is -0.415. The summed E-state index contributed by atoms with van der Waals surface area (Å²) in [5, 5.41) is 17.0. The lowest BCUT2D eigenvalue weighted by Crippen LogP contribution is -2.22. The van der Waals surface area contributed by atoms with E-state index in [0.29, 0.717) is 12.1 Å². The summed E-state index contributed by atoms with van der Waals surface area (Å²) in [5.74, 6) is -0.508. The maximum Gasteiger partial charge on any atom is 0.170 e. The molecular formula is C14H16FN3OS. The van der Waals surface area contributed by atoms with E-state index in [1.54, 1.807) is 17.4 Å². The van der Waals surface area contributed by atoms with Gasteiger partial charge in [0.2, 0.25) is 0 Å². The number of nitrogens with one attached hydrogen (secondary N) is 1. The van der Waals surface area contributed by atoms with Crippen molar-refractivity contribution in [3.63, 3.8) is 0 Å². The summed E-state index contributed by atoms with van der Waals surface area (Å²) >= 11 is 1.67. The fourth-order valence-electron chi connectivity index (χ4n) is 1.90. The van der Waals surface area contributed by atoms with Gasteiger partial charge in [0.05, 0.1) is 0 Å². The third kappa shape index (κ3) is 3.34. The molecule has 4 N–H and O–H groups in total. The van der Waals surface area contributed by atoms with Crippen LogP contribution in [0.2, 0.25) is 0 Å². The molecule has 1 unspecified atom stereocenters. The number of rotatable bonds is 5. The number of nitrogens with zero attached hydrogens (tertiary/aromatic N) is 1. The van der Waals surface area contributed by atoms with Gasteiger partial charge >= 0.3 is 0 Å². The van der Waals surface area contributed by atoms with E-state index in [1.165, 1.54) is 17.0 Å². The fraction of sp³-hybridized carbons (Fsp3) is 0.214. The zero-order chi connectivity index (χ0) is 14.5. The van der Waals surface area contributed by atoms with Gasteiger partial charge < -0.3 is 16.3 Å². The van der Waals surface area contributed by atoms with Crippen LogP contribution in [0.25, 0.3) is 0 Å². The Morgan fingerprint density at radius 1 is 1.50 bits per heavy atom. The molecule has 0 bridgehead atoms. The molecule has 0 aliphatic heterocycles. The number of oxime groups is 1. The van der Waals surface area contributed by atoms with Crippen LogP contribution in [-0.2, 0) is 6.54 Å².